The normalized spacial score (nSPS) is 23.7. The number of hydrogen-bond donors (Lipinski definition) is 0. The smallest absolute Gasteiger partial charge is 0.406 e. The molecule has 2 unspecified atom stereocenters. The molecular formula is C15H17F3O2. The molecule has 1 fully saturated rings. The summed E-state index contributed by atoms with van der Waals surface area (Å²) < 4.78 is 39.9. The second-order valence-electron chi connectivity index (χ2n) is 5.44. The molecule has 5 heteroatoms. The van der Waals surface area contributed by atoms with Crippen molar-refractivity contribution >= 4 is 5.78 Å². The highest BCUT2D eigenvalue weighted by molar-refractivity contribution is 5.82. The Morgan fingerprint density at radius 3 is 2.50 bits per heavy atom. The molecule has 1 aromatic carbocycles. The molecule has 0 saturated heterocycles. The van der Waals surface area contributed by atoms with Gasteiger partial charge < -0.3 is 4.74 Å². The number of Topliss-reactive ketones (excluding diaryl/α,β-unsaturated/α-hetero) is 1. The van der Waals surface area contributed by atoms with Crippen LogP contribution in [0.1, 0.15) is 31.7 Å². The highest BCUT2D eigenvalue weighted by Crippen LogP contribution is 2.29. The first kappa shape index (κ1) is 14.9. The molecule has 0 spiro atoms. The summed E-state index contributed by atoms with van der Waals surface area (Å²) in [7, 11) is 0. The van der Waals surface area contributed by atoms with E-state index in [4.69, 9.17) is 0 Å². The van der Waals surface area contributed by atoms with Crippen LogP contribution in [0.2, 0.25) is 0 Å². The summed E-state index contributed by atoms with van der Waals surface area (Å²) in [6.07, 6.45) is -1.67. The molecule has 2 rings (SSSR count). The minimum absolute atomic E-state index is 0.00636. The van der Waals surface area contributed by atoms with Crippen LogP contribution in [0.3, 0.4) is 0 Å². The number of rotatable bonds is 3. The predicted molar refractivity (Wildman–Crippen MR) is 68.3 cm³/mol. The standard InChI is InChI=1S/C15H17F3O2/c1-10-2-7-14(19)12(8-10)9-11-3-5-13(6-4-11)20-15(16,17)18/h3-6,10,12H,2,7-9H2,1H3. The maximum absolute atomic E-state index is 12.0. The lowest BCUT2D eigenvalue weighted by Gasteiger charge is -2.25. The topological polar surface area (TPSA) is 26.3 Å². The molecule has 0 N–H and O–H groups in total. The van der Waals surface area contributed by atoms with E-state index in [-0.39, 0.29) is 17.5 Å². The van der Waals surface area contributed by atoms with Crippen LogP contribution in [-0.2, 0) is 11.2 Å². The van der Waals surface area contributed by atoms with E-state index in [1.807, 2.05) is 0 Å². The first-order valence-electron chi connectivity index (χ1n) is 6.71. The first-order valence-corrected chi connectivity index (χ1v) is 6.71. The summed E-state index contributed by atoms with van der Waals surface area (Å²) >= 11 is 0. The Morgan fingerprint density at radius 2 is 1.90 bits per heavy atom. The Morgan fingerprint density at radius 1 is 1.25 bits per heavy atom. The quantitative estimate of drug-likeness (QED) is 0.835. The van der Waals surface area contributed by atoms with Gasteiger partial charge >= 0.3 is 6.36 Å². The van der Waals surface area contributed by atoms with Gasteiger partial charge in [-0.1, -0.05) is 19.1 Å². The zero-order valence-corrected chi connectivity index (χ0v) is 11.2. The molecular weight excluding hydrogens is 269 g/mol. The van der Waals surface area contributed by atoms with Gasteiger partial charge in [0.15, 0.2) is 0 Å². The Hall–Kier alpha value is -1.52. The molecule has 0 aliphatic heterocycles. The Bertz CT molecular complexity index is 465. The Balaban J connectivity index is 1.98. The fraction of sp³-hybridized carbons (Fsp3) is 0.533. The van der Waals surface area contributed by atoms with E-state index in [9.17, 15) is 18.0 Å². The largest absolute Gasteiger partial charge is 0.573 e. The first-order chi connectivity index (χ1) is 9.33. The molecule has 110 valence electrons. The molecule has 0 bridgehead atoms. The number of benzene rings is 1. The fourth-order valence-corrected chi connectivity index (χ4v) is 2.64. The number of ketones is 1. The number of hydrogen-bond acceptors (Lipinski definition) is 2. The third-order valence-electron chi connectivity index (χ3n) is 3.66. The summed E-state index contributed by atoms with van der Waals surface area (Å²) in [6.45, 7) is 2.12. The van der Waals surface area contributed by atoms with E-state index in [2.05, 4.69) is 11.7 Å². The van der Waals surface area contributed by atoms with Crippen molar-refractivity contribution < 1.29 is 22.7 Å². The van der Waals surface area contributed by atoms with Crippen molar-refractivity contribution in [2.24, 2.45) is 11.8 Å². The van der Waals surface area contributed by atoms with Crippen molar-refractivity contribution in [3.8, 4) is 5.75 Å². The second kappa shape index (κ2) is 5.85. The van der Waals surface area contributed by atoms with Gasteiger partial charge in [-0.15, -0.1) is 13.2 Å². The van der Waals surface area contributed by atoms with E-state index >= 15 is 0 Å². The van der Waals surface area contributed by atoms with Crippen LogP contribution in [0.25, 0.3) is 0 Å². The minimum Gasteiger partial charge on any atom is -0.406 e. The highest BCUT2D eigenvalue weighted by atomic mass is 19.4. The molecule has 0 radical (unpaired) electrons. The lowest BCUT2D eigenvalue weighted by atomic mass is 9.78. The van der Waals surface area contributed by atoms with Crippen LogP contribution in [0.5, 0.6) is 5.75 Å². The SMILES string of the molecule is CC1CCC(=O)C(Cc2ccc(OC(F)(F)F)cc2)C1. The molecule has 1 aliphatic rings. The summed E-state index contributed by atoms with van der Waals surface area (Å²) in [4.78, 5) is 11.8. The monoisotopic (exact) mass is 286 g/mol. The summed E-state index contributed by atoms with van der Waals surface area (Å²) in [5.41, 5.74) is 0.868. The third kappa shape index (κ3) is 4.25. The lowest BCUT2D eigenvalue weighted by molar-refractivity contribution is -0.274. The van der Waals surface area contributed by atoms with Gasteiger partial charge in [-0.2, -0.15) is 0 Å². The van der Waals surface area contributed by atoms with Crippen molar-refractivity contribution in [1.82, 2.24) is 0 Å². The van der Waals surface area contributed by atoms with Crippen LogP contribution in [0.15, 0.2) is 24.3 Å². The third-order valence-corrected chi connectivity index (χ3v) is 3.66. The van der Waals surface area contributed by atoms with Crippen LogP contribution < -0.4 is 4.74 Å². The number of ether oxygens (including phenoxy) is 1. The molecule has 1 aromatic rings. The van der Waals surface area contributed by atoms with Gasteiger partial charge in [0.25, 0.3) is 0 Å². The zero-order chi connectivity index (χ0) is 14.8. The average molecular weight is 286 g/mol. The summed E-state index contributed by atoms with van der Waals surface area (Å²) in [5.74, 6) is 0.557. The van der Waals surface area contributed by atoms with Crippen LogP contribution in [-0.4, -0.2) is 12.1 Å². The van der Waals surface area contributed by atoms with Gasteiger partial charge in [0, 0.05) is 12.3 Å². The maximum atomic E-state index is 12.0. The lowest BCUT2D eigenvalue weighted by Crippen LogP contribution is -2.25. The molecule has 20 heavy (non-hydrogen) atoms. The second-order valence-corrected chi connectivity index (χ2v) is 5.44. The summed E-state index contributed by atoms with van der Waals surface area (Å²) in [5, 5.41) is 0. The minimum atomic E-state index is -4.67. The van der Waals surface area contributed by atoms with Gasteiger partial charge in [0.05, 0.1) is 0 Å². The van der Waals surface area contributed by atoms with E-state index in [0.717, 1.165) is 18.4 Å². The van der Waals surface area contributed by atoms with Crippen LogP contribution >= 0.6 is 0 Å². The fourth-order valence-electron chi connectivity index (χ4n) is 2.64. The molecule has 1 aliphatic carbocycles. The van der Waals surface area contributed by atoms with E-state index < -0.39 is 6.36 Å². The van der Waals surface area contributed by atoms with E-state index in [1.54, 1.807) is 12.1 Å². The van der Waals surface area contributed by atoms with Gasteiger partial charge in [-0.05, 0) is 42.9 Å². The van der Waals surface area contributed by atoms with Gasteiger partial charge in [-0.3, -0.25) is 4.79 Å². The molecule has 0 aromatic heterocycles. The molecule has 2 nitrogen and oxygen atoms in total. The van der Waals surface area contributed by atoms with Crippen molar-refractivity contribution in [3.63, 3.8) is 0 Å². The Kier molecular flexibility index (Phi) is 4.35. The summed E-state index contributed by atoms with van der Waals surface area (Å²) in [6, 6.07) is 5.76. The number of carbonyl (C=O) groups excluding carboxylic acids is 1. The Labute approximate surface area is 115 Å². The van der Waals surface area contributed by atoms with Gasteiger partial charge in [0.2, 0.25) is 0 Å². The van der Waals surface area contributed by atoms with Gasteiger partial charge in [0.1, 0.15) is 11.5 Å². The molecule has 2 atom stereocenters. The van der Waals surface area contributed by atoms with Crippen LogP contribution in [0, 0.1) is 11.8 Å². The number of halogens is 3. The van der Waals surface area contributed by atoms with Crippen LogP contribution in [0.4, 0.5) is 13.2 Å². The molecule has 0 heterocycles. The predicted octanol–water partition coefficient (Wildman–Crippen LogP) is 4.13. The van der Waals surface area contributed by atoms with E-state index in [0.29, 0.717) is 18.8 Å². The zero-order valence-electron chi connectivity index (χ0n) is 11.2. The van der Waals surface area contributed by atoms with Gasteiger partial charge in [-0.25, -0.2) is 0 Å². The van der Waals surface area contributed by atoms with Crippen molar-refractivity contribution in [2.45, 2.75) is 39.0 Å². The number of alkyl halides is 3. The number of carbonyl (C=O) groups is 1. The maximum Gasteiger partial charge on any atom is 0.573 e. The highest BCUT2D eigenvalue weighted by Gasteiger charge is 2.31. The van der Waals surface area contributed by atoms with Crippen molar-refractivity contribution in [2.75, 3.05) is 0 Å². The molecule has 1 saturated carbocycles. The van der Waals surface area contributed by atoms with Crippen molar-refractivity contribution in [3.05, 3.63) is 29.8 Å². The average Bonchev–Trinajstić information content (AvgIpc) is 2.34. The molecule has 0 amide bonds. The van der Waals surface area contributed by atoms with E-state index in [1.165, 1.54) is 12.1 Å². The van der Waals surface area contributed by atoms with Crippen molar-refractivity contribution in [1.29, 1.82) is 0 Å².